The van der Waals surface area contributed by atoms with Gasteiger partial charge in [-0.3, -0.25) is 5.10 Å². The van der Waals surface area contributed by atoms with Crippen LogP contribution in [0.3, 0.4) is 0 Å². The van der Waals surface area contributed by atoms with E-state index in [4.69, 9.17) is 12.2 Å². The molecule has 2 saturated carbocycles. The first-order valence-corrected chi connectivity index (χ1v) is 6.52. The third-order valence-corrected chi connectivity index (χ3v) is 3.89. The van der Waals surface area contributed by atoms with Crippen molar-refractivity contribution in [3.05, 3.63) is 10.6 Å². The summed E-state index contributed by atoms with van der Waals surface area (Å²) in [5.41, 5.74) is 0. The van der Waals surface area contributed by atoms with E-state index in [1.807, 2.05) is 0 Å². The van der Waals surface area contributed by atoms with Crippen LogP contribution in [-0.2, 0) is 6.54 Å². The van der Waals surface area contributed by atoms with Gasteiger partial charge in [0.25, 0.3) is 0 Å². The highest BCUT2D eigenvalue weighted by molar-refractivity contribution is 7.71. The minimum atomic E-state index is 0.666. The topological polar surface area (TPSA) is 36.9 Å². The van der Waals surface area contributed by atoms with Crippen LogP contribution in [0.25, 0.3) is 0 Å². The Morgan fingerprint density at radius 2 is 2.19 bits per heavy atom. The molecule has 88 valence electrons. The Morgan fingerprint density at radius 1 is 1.44 bits per heavy atom. The molecule has 3 rings (SSSR count). The lowest BCUT2D eigenvalue weighted by Crippen LogP contribution is -2.25. The fourth-order valence-corrected chi connectivity index (χ4v) is 2.39. The Hall–Kier alpha value is -0.680. The highest BCUT2D eigenvalue weighted by Crippen LogP contribution is 2.38. The molecule has 0 saturated heterocycles. The van der Waals surface area contributed by atoms with Crippen molar-refractivity contribution in [2.45, 2.75) is 44.2 Å². The highest BCUT2D eigenvalue weighted by Gasteiger charge is 2.30. The zero-order valence-corrected chi connectivity index (χ0v) is 10.5. The minimum Gasteiger partial charge on any atom is -0.303 e. The number of nitrogens with zero attached hydrogens (tertiary/aromatic N) is 3. The molecule has 1 aromatic heterocycles. The number of hydrogen-bond acceptors (Lipinski definition) is 3. The van der Waals surface area contributed by atoms with Crippen LogP contribution in [0.1, 0.15) is 37.4 Å². The van der Waals surface area contributed by atoms with Crippen molar-refractivity contribution >= 4 is 12.2 Å². The SMILES string of the molecule is CN(CCn1c(C2CC2)n[nH]c1=S)C1CC1. The predicted octanol–water partition coefficient (Wildman–Crippen LogP) is 1.91. The number of aromatic amines is 1. The van der Waals surface area contributed by atoms with E-state index >= 15 is 0 Å². The van der Waals surface area contributed by atoms with Crippen molar-refractivity contribution in [2.24, 2.45) is 0 Å². The number of aromatic nitrogens is 3. The van der Waals surface area contributed by atoms with Crippen molar-refractivity contribution in [2.75, 3.05) is 13.6 Å². The molecular formula is C11H18N4S. The van der Waals surface area contributed by atoms with Crippen LogP contribution in [0.15, 0.2) is 0 Å². The van der Waals surface area contributed by atoms with Gasteiger partial charge in [-0.1, -0.05) is 0 Å². The molecule has 4 nitrogen and oxygen atoms in total. The molecule has 0 atom stereocenters. The maximum Gasteiger partial charge on any atom is 0.195 e. The van der Waals surface area contributed by atoms with Crippen LogP contribution in [0, 0.1) is 4.77 Å². The first-order valence-electron chi connectivity index (χ1n) is 6.11. The predicted molar refractivity (Wildman–Crippen MR) is 65.0 cm³/mol. The minimum absolute atomic E-state index is 0.666. The first-order chi connectivity index (χ1) is 7.75. The number of nitrogens with one attached hydrogen (secondary N) is 1. The van der Waals surface area contributed by atoms with Crippen LogP contribution in [0.2, 0.25) is 0 Å². The van der Waals surface area contributed by atoms with Gasteiger partial charge in [-0.05, 0) is 44.9 Å². The Balaban J connectivity index is 1.67. The highest BCUT2D eigenvalue weighted by atomic mass is 32.1. The standard InChI is InChI=1S/C11H18N4S/c1-14(9-4-5-9)6-7-15-10(8-2-3-8)12-13-11(15)16/h8-9H,2-7H2,1H3,(H,13,16). The summed E-state index contributed by atoms with van der Waals surface area (Å²) in [6.07, 6.45) is 5.28. The van der Waals surface area contributed by atoms with Gasteiger partial charge in [0.15, 0.2) is 4.77 Å². The quantitative estimate of drug-likeness (QED) is 0.796. The van der Waals surface area contributed by atoms with E-state index in [0.717, 1.165) is 23.9 Å². The Bertz CT molecular complexity index is 427. The number of rotatable bonds is 5. The smallest absolute Gasteiger partial charge is 0.195 e. The summed E-state index contributed by atoms with van der Waals surface area (Å²) in [5.74, 6) is 1.84. The van der Waals surface area contributed by atoms with Gasteiger partial charge in [-0.2, -0.15) is 5.10 Å². The molecule has 0 aromatic carbocycles. The van der Waals surface area contributed by atoms with Gasteiger partial charge in [0, 0.05) is 25.0 Å². The lowest BCUT2D eigenvalue weighted by atomic mass is 10.4. The summed E-state index contributed by atoms with van der Waals surface area (Å²) in [5, 5.41) is 7.27. The average molecular weight is 238 g/mol. The second-order valence-corrected chi connectivity index (χ2v) is 5.41. The van der Waals surface area contributed by atoms with Gasteiger partial charge >= 0.3 is 0 Å². The molecule has 2 fully saturated rings. The third-order valence-electron chi connectivity index (χ3n) is 3.58. The molecule has 0 radical (unpaired) electrons. The lowest BCUT2D eigenvalue weighted by molar-refractivity contribution is 0.306. The lowest BCUT2D eigenvalue weighted by Gasteiger charge is -2.16. The molecule has 0 bridgehead atoms. The molecule has 5 heteroatoms. The van der Waals surface area contributed by atoms with Gasteiger partial charge in [0.1, 0.15) is 5.82 Å². The molecule has 2 aliphatic rings. The maximum atomic E-state index is 5.28. The van der Waals surface area contributed by atoms with E-state index in [1.165, 1.54) is 31.5 Å². The Morgan fingerprint density at radius 3 is 2.81 bits per heavy atom. The molecule has 0 amide bonds. The molecular weight excluding hydrogens is 220 g/mol. The summed E-state index contributed by atoms with van der Waals surface area (Å²) in [6.45, 7) is 2.06. The Kier molecular flexibility index (Phi) is 2.59. The first kappa shape index (κ1) is 10.5. The fraction of sp³-hybridized carbons (Fsp3) is 0.818. The van der Waals surface area contributed by atoms with Gasteiger partial charge in [-0.15, -0.1) is 0 Å². The molecule has 16 heavy (non-hydrogen) atoms. The summed E-state index contributed by atoms with van der Waals surface area (Å²) in [4.78, 5) is 2.44. The van der Waals surface area contributed by atoms with Crippen LogP contribution >= 0.6 is 12.2 Å². The van der Waals surface area contributed by atoms with Crippen molar-refractivity contribution in [3.63, 3.8) is 0 Å². The average Bonchev–Trinajstić information content (AvgIpc) is 3.15. The van der Waals surface area contributed by atoms with E-state index in [-0.39, 0.29) is 0 Å². The number of H-pyrrole nitrogens is 1. The summed E-state index contributed by atoms with van der Waals surface area (Å²) in [6, 6.07) is 0.824. The van der Waals surface area contributed by atoms with Crippen LogP contribution in [0.5, 0.6) is 0 Å². The van der Waals surface area contributed by atoms with Gasteiger partial charge in [-0.25, -0.2) is 0 Å². The second kappa shape index (κ2) is 3.96. The Labute approximate surface area is 101 Å². The van der Waals surface area contributed by atoms with Gasteiger partial charge < -0.3 is 9.47 Å². The van der Waals surface area contributed by atoms with Gasteiger partial charge in [0.2, 0.25) is 0 Å². The largest absolute Gasteiger partial charge is 0.303 e. The van der Waals surface area contributed by atoms with Crippen molar-refractivity contribution in [1.29, 1.82) is 0 Å². The zero-order chi connectivity index (χ0) is 11.1. The van der Waals surface area contributed by atoms with E-state index in [2.05, 4.69) is 26.7 Å². The third kappa shape index (κ3) is 2.06. The molecule has 1 N–H and O–H groups in total. The van der Waals surface area contributed by atoms with Gasteiger partial charge in [0.05, 0.1) is 0 Å². The number of hydrogen-bond donors (Lipinski definition) is 1. The van der Waals surface area contributed by atoms with Crippen LogP contribution in [-0.4, -0.2) is 39.3 Å². The summed E-state index contributed by atoms with van der Waals surface area (Å²) < 4.78 is 2.97. The fourth-order valence-electron chi connectivity index (χ4n) is 2.15. The monoisotopic (exact) mass is 238 g/mol. The normalized spacial score (nSPS) is 20.6. The van der Waals surface area contributed by atoms with E-state index in [0.29, 0.717) is 5.92 Å². The second-order valence-electron chi connectivity index (χ2n) is 5.02. The van der Waals surface area contributed by atoms with E-state index < -0.39 is 0 Å². The van der Waals surface area contributed by atoms with Crippen molar-refractivity contribution in [3.8, 4) is 0 Å². The van der Waals surface area contributed by atoms with Crippen molar-refractivity contribution < 1.29 is 0 Å². The molecule has 0 aliphatic heterocycles. The molecule has 0 spiro atoms. The van der Waals surface area contributed by atoms with E-state index in [1.54, 1.807) is 0 Å². The summed E-state index contributed by atoms with van der Waals surface area (Å²) >= 11 is 5.28. The molecule has 0 unspecified atom stereocenters. The molecule has 2 aliphatic carbocycles. The van der Waals surface area contributed by atoms with Crippen molar-refractivity contribution in [1.82, 2.24) is 19.7 Å². The zero-order valence-electron chi connectivity index (χ0n) is 9.65. The van der Waals surface area contributed by atoms with Crippen LogP contribution in [0.4, 0.5) is 0 Å². The molecule has 1 heterocycles. The van der Waals surface area contributed by atoms with E-state index in [9.17, 15) is 0 Å². The van der Waals surface area contributed by atoms with Crippen LogP contribution < -0.4 is 0 Å². The number of likely N-dealkylation sites (N-methyl/N-ethyl adjacent to an activating group) is 1. The summed E-state index contributed by atoms with van der Waals surface area (Å²) in [7, 11) is 2.21. The maximum absolute atomic E-state index is 5.28. The molecule has 1 aromatic rings.